The Kier molecular flexibility index (Phi) is 3.07. The quantitative estimate of drug-likeness (QED) is 0.438. The molecule has 0 atom stereocenters. The van der Waals surface area contributed by atoms with Crippen LogP contribution in [0, 0.1) is 22.0 Å². The Balaban J connectivity index is 2.82. The minimum absolute atomic E-state index is 0.0367. The fourth-order valence-electron chi connectivity index (χ4n) is 0.952. The molecule has 0 spiro atoms. The molecule has 0 aliphatic rings. The molecular formula is C8H10N4O2. The van der Waals surface area contributed by atoms with Crippen molar-refractivity contribution in [3.63, 3.8) is 0 Å². The van der Waals surface area contributed by atoms with Crippen LogP contribution in [0.4, 0.5) is 11.5 Å². The first-order chi connectivity index (χ1) is 6.65. The Bertz CT molecular complexity index is 399. The van der Waals surface area contributed by atoms with Gasteiger partial charge in [-0.1, -0.05) is 5.92 Å². The minimum Gasteiger partial charge on any atom is -0.352 e. The van der Waals surface area contributed by atoms with Gasteiger partial charge >= 0.3 is 5.69 Å². The second-order valence-electron chi connectivity index (χ2n) is 2.57. The van der Waals surface area contributed by atoms with E-state index in [-0.39, 0.29) is 11.5 Å². The van der Waals surface area contributed by atoms with Crippen molar-refractivity contribution in [3.8, 4) is 11.8 Å². The predicted molar refractivity (Wildman–Crippen MR) is 51.8 cm³/mol. The van der Waals surface area contributed by atoms with Gasteiger partial charge < -0.3 is 5.32 Å². The third kappa shape index (κ3) is 2.23. The highest BCUT2D eigenvalue weighted by atomic mass is 16.6. The molecule has 1 aromatic heterocycles. The van der Waals surface area contributed by atoms with Crippen LogP contribution in [0.1, 0.15) is 6.92 Å². The van der Waals surface area contributed by atoms with Gasteiger partial charge in [0.1, 0.15) is 6.20 Å². The lowest BCUT2D eigenvalue weighted by atomic mass is 10.5. The van der Waals surface area contributed by atoms with E-state index in [4.69, 9.17) is 0 Å². The zero-order valence-electron chi connectivity index (χ0n) is 7.94. The number of nitrogens with one attached hydrogen (secondary N) is 1. The molecule has 1 rings (SSSR count). The van der Waals surface area contributed by atoms with E-state index in [1.54, 1.807) is 14.0 Å². The summed E-state index contributed by atoms with van der Waals surface area (Å²) in [6, 6.07) is 0. The molecule has 14 heavy (non-hydrogen) atoms. The molecule has 74 valence electrons. The number of aryl methyl sites for hydroxylation is 1. The molecule has 0 fully saturated rings. The number of hydrogen-bond donors (Lipinski definition) is 1. The summed E-state index contributed by atoms with van der Waals surface area (Å²) in [4.78, 5) is 10.1. The second kappa shape index (κ2) is 4.28. The van der Waals surface area contributed by atoms with E-state index in [0.717, 1.165) is 0 Å². The molecule has 1 heterocycles. The Morgan fingerprint density at radius 3 is 3.07 bits per heavy atom. The van der Waals surface area contributed by atoms with Gasteiger partial charge in [-0.05, 0) is 6.92 Å². The Morgan fingerprint density at radius 1 is 1.79 bits per heavy atom. The summed E-state index contributed by atoms with van der Waals surface area (Å²) in [5.41, 5.74) is -0.0367. The molecule has 0 aromatic carbocycles. The van der Waals surface area contributed by atoms with Crippen molar-refractivity contribution in [1.82, 2.24) is 9.78 Å². The molecule has 1 N–H and O–H groups in total. The summed E-state index contributed by atoms with van der Waals surface area (Å²) in [5.74, 6) is 5.67. The van der Waals surface area contributed by atoms with Gasteiger partial charge in [0, 0.05) is 7.05 Å². The normalized spacial score (nSPS) is 9.00. The van der Waals surface area contributed by atoms with Crippen LogP contribution < -0.4 is 5.32 Å². The molecule has 0 saturated carbocycles. The van der Waals surface area contributed by atoms with E-state index < -0.39 is 4.92 Å². The van der Waals surface area contributed by atoms with E-state index in [9.17, 15) is 10.1 Å². The van der Waals surface area contributed by atoms with Crippen molar-refractivity contribution in [2.24, 2.45) is 7.05 Å². The maximum absolute atomic E-state index is 10.5. The number of nitro groups is 1. The lowest BCUT2D eigenvalue weighted by molar-refractivity contribution is -0.384. The molecule has 0 amide bonds. The molecule has 0 aliphatic heterocycles. The Hall–Kier alpha value is -2.03. The van der Waals surface area contributed by atoms with Crippen LogP contribution in [0.3, 0.4) is 0 Å². The molecule has 0 bridgehead atoms. The first kappa shape index (κ1) is 10.1. The van der Waals surface area contributed by atoms with Crippen LogP contribution in [-0.4, -0.2) is 21.2 Å². The van der Waals surface area contributed by atoms with Gasteiger partial charge in [0.2, 0.25) is 5.82 Å². The maximum Gasteiger partial charge on any atom is 0.330 e. The van der Waals surface area contributed by atoms with Crippen LogP contribution in [-0.2, 0) is 7.05 Å². The zero-order chi connectivity index (χ0) is 10.6. The summed E-state index contributed by atoms with van der Waals surface area (Å²) in [5, 5.41) is 17.2. The molecule has 6 heteroatoms. The van der Waals surface area contributed by atoms with Crippen molar-refractivity contribution in [1.29, 1.82) is 0 Å². The molecule has 0 aliphatic carbocycles. The SMILES string of the molecule is CC#CCNc1nn(C)cc1[N+](=O)[O-]. The van der Waals surface area contributed by atoms with Gasteiger partial charge in [-0.3, -0.25) is 14.8 Å². The molecule has 0 radical (unpaired) electrons. The van der Waals surface area contributed by atoms with Gasteiger partial charge in [0.15, 0.2) is 0 Å². The smallest absolute Gasteiger partial charge is 0.330 e. The molecule has 0 saturated heterocycles. The fourth-order valence-corrected chi connectivity index (χ4v) is 0.952. The Labute approximate surface area is 81.1 Å². The largest absolute Gasteiger partial charge is 0.352 e. The summed E-state index contributed by atoms with van der Waals surface area (Å²) >= 11 is 0. The van der Waals surface area contributed by atoms with E-state index in [1.165, 1.54) is 10.9 Å². The van der Waals surface area contributed by atoms with E-state index in [0.29, 0.717) is 6.54 Å². The molecular weight excluding hydrogens is 184 g/mol. The van der Waals surface area contributed by atoms with Gasteiger partial charge in [-0.15, -0.1) is 11.0 Å². The number of hydrogen-bond acceptors (Lipinski definition) is 4. The maximum atomic E-state index is 10.5. The lowest BCUT2D eigenvalue weighted by Gasteiger charge is -1.94. The van der Waals surface area contributed by atoms with Gasteiger partial charge in [0.05, 0.1) is 11.5 Å². The first-order valence-corrected chi connectivity index (χ1v) is 3.96. The number of nitrogens with zero attached hydrogens (tertiary/aromatic N) is 3. The lowest BCUT2D eigenvalue weighted by Crippen LogP contribution is -2.02. The van der Waals surface area contributed by atoms with E-state index in [1.807, 2.05) is 0 Å². The van der Waals surface area contributed by atoms with E-state index in [2.05, 4.69) is 22.3 Å². The number of aromatic nitrogens is 2. The summed E-state index contributed by atoms with van der Waals surface area (Å²) in [6.45, 7) is 2.06. The van der Waals surface area contributed by atoms with Gasteiger partial charge in [0.25, 0.3) is 0 Å². The van der Waals surface area contributed by atoms with Gasteiger partial charge in [-0.2, -0.15) is 0 Å². The average molecular weight is 194 g/mol. The van der Waals surface area contributed by atoms with Crippen LogP contribution >= 0.6 is 0 Å². The fraction of sp³-hybridized carbons (Fsp3) is 0.375. The highest BCUT2D eigenvalue weighted by Gasteiger charge is 2.17. The van der Waals surface area contributed by atoms with Crippen LogP contribution in [0.5, 0.6) is 0 Å². The van der Waals surface area contributed by atoms with Crippen molar-refractivity contribution in [3.05, 3.63) is 16.3 Å². The van der Waals surface area contributed by atoms with Crippen molar-refractivity contribution >= 4 is 11.5 Å². The number of anilines is 1. The first-order valence-electron chi connectivity index (χ1n) is 3.96. The standard InChI is InChI=1S/C8H10N4O2/c1-3-4-5-9-8-7(12(13)14)6-11(2)10-8/h6H,5H2,1-2H3,(H,9,10). The van der Waals surface area contributed by atoms with Crippen LogP contribution in [0.25, 0.3) is 0 Å². The van der Waals surface area contributed by atoms with Gasteiger partial charge in [-0.25, -0.2) is 0 Å². The van der Waals surface area contributed by atoms with Crippen LogP contribution in [0.15, 0.2) is 6.20 Å². The van der Waals surface area contributed by atoms with Crippen molar-refractivity contribution in [2.75, 3.05) is 11.9 Å². The summed E-state index contributed by atoms with van der Waals surface area (Å²) in [7, 11) is 1.63. The molecule has 0 unspecified atom stereocenters. The monoisotopic (exact) mass is 194 g/mol. The minimum atomic E-state index is -0.477. The predicted octanol–water partition coefficient (Wildman–Crippen LogP) is 0.763. The van der Waals surface area contributed by atoms with Crippen molar-refractivity contribution in [2.45, 2.75) is 6.92 Å². The zero-order valence-corrected chi connectivity index (χ0v) is 7.94. The molecule has 1 aromatic rings. The summed E-state index contributed by atoms with van der Waals surface area (Å²) in [6.07, 6.45) is 1.35. The third-order valence-electron chi connectivity index (χ3n) is 1.53. The number of rotatable bonds is 3. The van der Waals surface area contributed by atoms with Crippen LogP contribution in [0.2, 0.25) is 0 Å². The third-order valence-corrected chi connectivity index (χ3v) is 1.53. The topological polar surface area (TPSA) is 73.0 Å². The highest BCUT2D eigenvalue weighted by Crippen LogP contribution is 2.20. The summed E-state index contributed by atoms with van der Waals surface area (Å²) < 4.78 is 1.39. The van der Waals surface area contributed by atoms with Crippen molar-refractivity contribution < 1.29 is 4.92 Å². The Morgan fingerprint density at radius 2 is 2.50 bits per heavy atom. The average Bonchev–Trinajstić information content (AvgIpc) is 2.47. The second-order valence-corrected chi connectivity index (χ2v) is 2.57. The highest BCUT2D eigenvalue weighted by molar-refractivity contribution is 5.54. The van der Waals surface area contributed by atoms with E-state index >= 15 is 0 Å². The molecule has 6 nitrogen and oxygen atoms in total.